The zero-order chi connectivity index (χ0) is 10.4. The molecular weight excluding hydrogens is 178 g/mol. The Morgan fingerprint density at radius 3 is 2.71 bits per heavy atom. The lowest BCUT2D eigenvalue weighted by Crippen LogP contribution is -2.04. The molecule has 0 bridgehead atoms. The van der Waals surface area contributed by atoms with E-state index in [2.05, 4.69) is 22.2 Å². The van der Waals surface area contributed by atoms with Gasteiger partial charge in [-0.2, -0.15) is 4.98 Å². The number of hydrogen-bond acceptors (Lipinski definition) is 4. The van der Waals surface area contributed by atoms with Crippen molar-refractivity contribution in [2.75, 3.05) is 19.0 Å². The van der Waals surface area contributed by atoms with Crippen molar-refractivity contribution in [2.45, 2.75) is 26.7 Å². The molecule has 1 aromatic heterocycles. The summed E-state index contributed by atoms with van der Waals surface area (Å²) in [6, 6.07) is 1.81. The summed E-state index contributed by atoms with van der Waals surface area (Å²) < 4.78 is 5.10. The Labute approximate surface area is 84.7 Å². The summed E-state index contributed by atoms with van der Waals surface area (Å²) >= 11 is 0. The van der Waals surface area contributed by atoms with Crippen LogP contribution in [-0.4, -0.2) is 23.6 Å². The number of aromatic nitrogens is 2. The molecule has 4 heteroatoms. The van der Waals surface area contributed by atoms with Gasteiger partial charge in [0.2, 0.25) is 5.88 Å². The van der Waals surface area contributed by atoms with Gasteiger partial charge in [-0.15, -0.1) is 0 Å². The minimum Gasteiger partial charge on any atom is -0.481 e. The highest BCUT2D eigenvalue weighted by Crippen LogP contribution is 2.13. The van der Waals surface area contributed by atoms with Crippen LogP contribution >= 0.6 is 0 Å². The number of nitrogens with one attached hydrogen (secondary N) is 1. The van der Waals surface area contributed by atoms with E-state index >= 15 is 0 Å². The number of rotatable bonds is 5. The fraction of sp³-hybridized carbons (Fsp3) is 0.600. The van der Waals surface area contributed by atoms with Gasteiger partial charge < -0.3 is 10.1 Å². The van der Waals surface area contributed by atoms with Crippen LogP contribution < -0.4 is 10.1 Å². The predicted octanol–water partition coefficient (Wildman–Crippen LogP) is 1.87. The molecule has 0 aliphatic rings. The number of ether oxygens (including phenoxy) is 1. The highest BCUT2D eigenvalue weighted by Gasteiger charge is 2.02. The second kappa shape index (κ2) is 5.42. The Hall–Kier alpha value is -1.32. The van der Waals surface area contributed by atoms with E-state index in [1.165, 1.54) is 0 Å². The van der Waals surface area contributed by atoms with Crippen LogP contribution in [0.4, 0.5) is 5.82 Å². The van der Waals surface area contributed by atoms with Crippen LogP contribution in [0.5, 0.6) is 5.88 Å². The first-order valence-electron chi connectivity index (χ1n) is 4.96. The molecule has 78 valence electrons. The number of nitrogens with zero attached hydrogens (tertiary/aromatic N) is 2. The van der Waals surface area contributed by atoms with Crippen LogP contribution in [0.1, 0.15) is 26.1 Å². The molecule has 0 amide bonds. The Balaban J connectivity index is 2.88. The third-order valence-electron chi connectivity index (χ3n) is 1.79. The van der Waals surface area contributed by atoms with E-state index in [1.54, 1.807) is 7.11 Å². The number of aryl methyl sites for hydroxylation is 1. The van der Waals surface area contributed by atoms with Crippen molar-refractivity contribution in [3.63, 3.8) is 0 Å². The van der Waals surface area contributed by atoms with Gasteiger partial charge in [-0.3, -0.25) is 0 Å². The van der Waals surface area contributed by atoms with Crippen molar-refractivity contribution >= 4 is 5.82 Å². The van der Waals surface area contributed by atoms with Gasteiger partial charge in [0.25, 0.3) is 0 Å². The summed E-state index contributed by atoms with van der Waals surface area (Å²) in [5, 5.41) is 3.15. The second-order valence-corrected chi connectivity index (χ2v) is 2.99. The van der Waals surface area contributed by atoms with Crippen LogP contribution in [0.2, 0.25) is 0 Å². The quantitative estimate of drug-likeness (QED) is 0.779. The first-order chi connectivity index (χ1) is 6.80. The van der Waals surface area contributed by atoms with Gasteiger partial charge in [0, 0.05) is 19.0 Å². The minimum absolute atomic E-state index is 0.624. The Morgan fingerprint density at radius 1 is 1.36 bits per heavy atom. The van der Waals surface area contributed by atoms with Gasteiger partial charge in [0.1, 0.15) is 11.6 Å². The van der Waals surface area contributed by atoms with Crippen LogP contribution in [0.15, 0.2) is 6.07 Å². The van der Waals surface area contributed by atoms with Crippen molar-refractivity contribution in [3.05, 3.63) is 11.9 Å². The largest absolute Gasteiger partial charge is 0.481 e. The molecule has 1 heterocycles. The van der Waals surface area contributed by atoms with Gasteiger partial charge >= 0.3 is 0 Å². The predicted molar refractivity (Wildman–Crippen MR) is 56.7 cm³/mol. The maximum atomic E-state index is 5.10. The van der Waals surface area contributed by atoms with E-state index in [1.807, 2.05) is 13.0 Å². The van der Waals surface area contributed by atoms with Crippen molar-refractivity contribution < 1.29 is 4.74 Å². The zero-order valence-electron chi connectivity index (χ0n) is 9.00. The lowest BCUT2D eigenvalue weighted by Gasteiger charge is -2.07. The molecule has 0 spiro atoms. The molecular formula is C10H17N3O. The van der Waals surface area contributed by atoms with E-state index in [9.17, 15) is 0 Å². The molecule has 0 fully saturated rings. The molecule has 0 aromatic carbocycles. The number of hydrogen-bond donors (Lipinski definition) is 1. The molecule has 0 saturated heterocycles. The summed E-state index contributed by atoms with van der Waals surface area (Å²) in [4.78, 5) is 8.61. The van der Waals surface area contributed by atoms with Gasteiger partial charge in [0.15, 0.2) is 0 Å². The van der Waals surface area contributed by atoms with Gasteiger partial charge in [-0.25, -0.2) is 4.98 Å². The Bertz CT molecular complexity index is 264. The van der Waals surface area contributed by atoms with E-state index in [-0.39, 0.29) is 0 Å². The fourth-order valence-electron chi connectivity index (χ4n) is 1.18. The molecule has 1 aromatic rings. The molecule has 4 nitrogen and oxygen atoms in total. The third-order valence-corrected chi connectivity index (χ3v) is 1.79. The van der Waals surface area contributed by atoms with Crippen LogP contribution in [0.25, 0.3) is 0 Å². The maximum absolute atomic E-state index is 5.10. The van der Waals surface area contributed by atoms with Crippen LogP contribution in [0, 0.1) is 0 Å². The first kappa shape index (κ1) is 10.8. The van der Waals surface area contributed by atoms with Crippen LogP contribution in [0.3, 0.4) is 0 Å². The zero-order valence-corrected chi connectivity index (χ0v) is 9.00. The van der Waals surface area contributed by atoms with Crippen molar-refractivity contribution in [3.8, 4) is 5.88 Å². The molecule has 1 rings (SSSR count). The topological polar surface area (TPSA) is 47.0 Å². The molecule has 0 radical (unpaired) electrons. The van der Waals surface area contributed by atoms with Gasteiger partial charge in [0.05, 0.1) is 7.11 Å². The van der Waals surface area contributed by atoms with Crippen LogP contribution in [-0.2, 0) is 6.42 Å². The molecule has 0 atom stereocenters. The van der Waals surface area contributed by atoms with Crippen molar-refractivity contribution in [1.29, 1.82) is 0 Å². The lowest BCUT2D eigenvalue weighted by molar-refractivity contribution is 0.395. The Kier molecular flexibility index (Phi) is 4.16. The summed E-state index contributed by atoms with van der Waals surface area (Å²) in [5.41, 5.74) is 0. The van der Waals surface area contributed by atoms with Gasteiger partial charge in [-0.05, 0) is 13.3 Å². The summed E-state index contributed by atoms with van der Waals surface area (Å²) in [5.74, 6) is 2.30. The van der Waals surface area contributed by atoms with E-state index in [4.69, 9.17) is 4.74 Å². The number of anilines is 1. The molecule has 0 aliphatic heterocycles. The summed E-state index contributed by atoms with van der Waals surface area (Å²) in [6.07, 6.45) is 1.92. The molecule has 1 N–H and O–H groups in total. The third kappa shape index (κ3) is 2.87. The molecule has 0 aliphatic carbocycles. The van der Waals surface area contributed by atoms with Gasteiger partial charge in [-0.1, -0.05) is 6.92 Å². The van der Waals surface area contributed by atoms with Crippen molar-refractivity contribution in [2.24, 2.45) is 0 Å². The smallest absolute Gasteiger partial charge is 0.218 e. The summed E-state index contributed by atoms with van der Waals surface area (Å²) in [7, 11) is 1.62. The number of methoxy groups -OCH3 is 1. The average molecular weight is 195 g/mol. The standard InChI is InChI=1S/C10H17N3O/c1-4-6-8-12-9(11-5-2)7-10(13-8)14-3/h7H,4-6H2,1-3H3,(H,11,12,13). The van der Waals surface area contributed by atoms with E-state index in [0.717, 1.165) is 31.0 Å². The van der Waals surface area contributed by atoms with E-state index in [0.29, 0.717) is 5.88 Å². The molecule has 14 heavy (non-hydrogen) atoms. The maximum Gasteiger partial charge on any atom is 0.218 e. The minimum atomic E-state index is 0.624. The monoisotopic (exact) mass is 195 g/mol. The molecule has 0 saturated carbocycles. The normalized spacial score (nSPS) is 9.93. The molecule has 0 unspecified atom stereocenters. The fourth-order valence-corrected chi connectivity index (χ4v) is 1.18. The lowest BCUT2D eigenvalue weighted by atomic mass is 10.3. The second-order valence-electron chi connectivity index (χ2n) is 2.99. The highest BCUT2D eigenvalue weighted by molar-refractivity contribution is 5.38. The highest BCUT2D eigenvalue weighted by atomic mass is 16.5. The first-order valence-corrected chi connectivity index (χ1v) is 4.96. The van der Waals surface area contributed by atoms with E-state index < -0.39 is 0 Å². The van der Waals surface area contributed by atoms with Crippen molar-refractivity contribution in [1.82, 2.24) is 9.97 Å². The summed E-state index contributed by atoms with van der Waals surface area (Å²) in [6.45, 7) is 5.00. The average Bonchev–Trinajstić information content (AvgIpc) is 2.18. The Morgan fingerprint density at radius 2 is 2.14 bits per heavy atom. The SMILES string of the molecule is CCCc1nc(NCC)cc(OC)n1.